The molecule has 27 heavy (non-hydrogen) atoms. The standard InChI is InChI=1S/C23H23ClN2O/c1-23(2)12-19-21(16-6-4-3-5-7-16)22(17-8-10-18(24)11-9-17)20(13-25-15-27)26(19)14-23/h3-11,15H,12-14H2,1-2H3,(H,25,27). The van der Waals surface area contributed by atoms with Gasteiger partial charge >= 0.3 is 0 Å². The molecule has 2 aromatic carbocycles. The molecule has 0 radical (unpaired) electrons. The van der Waals surface area contributed by atoms with Crippen molar-refractivity contribution in [1.82, 2.24) is 9.88 Å². The lowest BCUT2D eigenvalue weighted by Gasteiger charge is -2.19. The third kappa shape index (κ3) is 3.28. The maximum absolute atomic E-state index is 11.0. The van der Waals surface area contributed by atoms with Crippen molar-refractivity contribution in [3.8, 4) is 22.3 Å². The Morgan fingerprint density at radius 3 is 2.37 bits per heavy atom. The van der Waals surface area contributed by atoms with Crippen molar-refractivity contribution < 1.29 is 4.79 Å². The molecule has 0 atom stereocenters. The summed E-state index contributed by atoms with van der Waals surface area (Å²) in [7, 11) is 0. The van der Waals surface area contributed by atoms with Gasteiger partial charge in [-0.25, -0.2) is 0 Å². The van der Waals surface area contributed by atoms with Crippen molar-refractivity contribution in [3.63, 3.8) is 0 Å². The molecule has 0 spiro atoms. The van der Waals surface area contributed by atoms with E-state index in [2.05, 4.69) is 60.1 Å². The molecule has 1 aliphatic rings. The Morgan fingerprint density at radius 2 is 1.70 bits per heavy atom. The molecule has 1 aliphatic heterocycles. The molecule has 3 aromatic rings. The zero-order chi connectivity index (χ0) is 19.0. The summed E-state index contributed by atoms with van der Waals surface area (Å²) in [5.74, 6) is 0. The van der Waals surface area contributed by atoms with Gasteiger partial charge in [0.05, 0.1) is 6.54 Å². The maximum Gasteiger partial charge on any atom is 0.207 e. The number of hydrogen-bond acceptors (Lipinski definition) is 1. The lowest BCUT2D eigenvalue weighted by atomic mass is 9.86. The number of carbonyl (C=O) groups is 1. The van der Waals surface area contributed by atoms with Gasteiger partial charge in [-0.3, -0.25) is 4.79 Å². The molecule has 0 saturated heterocycles. The SMILES string of the molecule is CC1(C)Cc2c(-c3ccccc3)c(-c3ccc(Cl)cc3)c(CNC=O)n2C1. The molecule has 4 heteroatoms. The monoisotopic (exact) mass is 378 g/mol. The molecule has 0 fully saturated rings. The van der Waals surface area contributed by atoms with Gasteiger partial charge in [0.1, 0.15) is 0 Å². The lowest BCUT2D eigenvalue weighted by molar-refractivity contribution is -0.109. The van der Waals surface area contributed by atoms with Gasteiger partial charge in [0.25, 0.3) is 0 Å². The van der Waals surface area contributed by atoms with Crippen LogP contribution in [0.1, 0.15) is 25.2 Å². The number of nitrogens with zero attached hydrogens (tertiary/aromatic N) is 1. The molecule has 138 valence electrons. The smallest absolute Gasteiger partial charge is 0.207 e. The average Bonchev–Trinajstić information content (AvgIpc) is 3.11. The fourth-order valence-electron chi connectivity index (χ4n) is 4.20. The highest BCUT2D eigenvalue weighted by molar-refractivity contribution is 6.30. The van der Waals surface area contributed by atoms with E-state index in [0.29, 0.717) is 6.54 Å². The average molecular weight is 379 g/mol. The largest absolute Gasteiger partial charge is 0.353 e. The summed E-state index contributed by atoms with van der Waals surface area (Å²) < 4.78 is 2.41. The van der Waals surface area contributed by atoms with Crippen LogP contribution in [0.4, 0.5) is 0 Å². The predicted molar refractivity (Wildman–Crippen MR) is 111 cm³/mol. The minimum absolute atomic E-state index is 0.202. The summed E-state index contributed by atoms with van der Waals surface area (Å²) in [6.07, 6.45) is 1.78. The Hall–Kier alpha value is -2.52. The maximum atomic E-state index is 11.0. The first-order valence-corrected chi connectivity index (χ1v) is 9.60. The van der Waals surface area contributed by atoms with E-state index in [1.165, 1.54) is 22.4 Å². The molecule has 0 saturated carbocycles. The predicted octanol–water partition coefficient (Wildman–Crippen LogP) is 5.30. The van der Waals surface area contributed by atoms with Crippen molar-refractivity contribution in [1.29, 1.82) is 0 Å². The number of amides is 1. The highest BCUT2D eigenvalue weighted by Crippen LogP contribution is 2.46. The van der Waals surface area contributed by atoms with E-state index in [0.717, 1.165) is 35.7 Å². The number of hydrogen-bond donors (Lipinski definition) is 1. The van der Waals surface area contributed by atoms with Gasteiger partial charge < -0.3 is 9.88 Å². The fourth-order valence-corrected chi connectivity index (χ4v) is 4.32. The normalized spacial score (nSPS) is 14.8. The van der Waals surface area contributed by atoms with Gasteiger partial charge in [-0.2, -0.15) is 0 Å². The van der Waals surface area contributed by atoms with Crippen molar-refractivity contribution >= 4 is 18.0 Å². The van der Waals surface area contributed by atoms with Crippen LogP contribution >= 0.6 is 11.6 Å². The van der Waals surface area contributed by atoms with E-state index in [-0.39, 0.29) is 5.41 Å². The molecule has 0 aliphatic carbocycles. The first-order chi connectivity index (χ1) is 13.0. The molecule has 3 nitrogen and oxygen atoms in total. The van der Waals surface area contributed by atoms with Crippen LogP contribution in [0.15, 0.2) is 54.6 Å². The molecular formula is C23H23ClN2O. The summed E-state index contributed by atoms with van der Waals surface area (Å²) in [5.41, 5.74) is 7.50. The molecular weight excluding hydrogens is 356 g/mol. The number of halogens is 1. The van der Waals surface area contributed by atoms with Crippen molar-refractivity contribution in [2.24, 2.45) is 5.41 Å². The number of carbonyl (C=O) groups excluding carboxylic acids is 1. The van der Waals surface area contributed by atoms with Crippen LogP contribution in [-0.2, 0) is 24.3 Å². The topological polar surface area (TPSA) is 34.0 Å². The van der Waals surface area contributed by atoms with Crippen LogP contribution in [0.2, 0.25) is 5.02 Å². The Morgan fingerprint density at radius 1 is 1.04 bits per heavy atom. The van der Waals surface area contributed by atoms with Crippen molar-refractivity contribution in [3.05, 3.63) is 71.0 Å². The van der Waals surface area contributed by atoms with Gasteiger partial charge in [-0.05, 0) is 35.1 Å². The minimum atomic E-state index is 0.202. The third-order valence-electron chi connectivity index (χ3n) is 5.26. The third-order valence-corrected chi connectivity index (χ3v) is 5.51. The highest BCUT2D eigenvalue weighted by Gasteiger charge is 2.35. The molecule has 4 rings (SSSR count). The Bertz CT molecular complexity index is 972. The van der Waals surface area contributed by atoms with Gasteiger partial charge in [0.2, 0.25) is 6.41 Å². The summed E-state index contributed by atoms with van der Waals surface area (Å²) in [6.45, 7) is 6.06. The number of rotatable bonds is 5. The van der Waals surface area contributed by atoms with E-state index in [4.69, 9.17) is 11.6 Å². The van der Waals surface area contributed by atoms with Gasteiger partial charge in [0, 0.05) is 34.1 Å². The zero-order valence-corrected chi connectivity index (χ0v) is 16.4. The second-order valence-electron chi connectivity index (χ2n) is 7.94. The Balaban J connectivity index is 2.00. The quantitative estimate of drug-likeness (QED) is 0.600. The fraction of sp³-hybridized carbons (Fsp3) is 0.261. The molecule has 0 bridgehead atoms. The van der Waals surface area contributed by atoms with Gasteiger partial charge in [-0.15, -0.1) is 0 Å². The number of nitrogens with one attached hydrogen (secondary N) is 1. The number of fused-ring (bicyclic) bond motifs is 1. The van der Waals surface area contributed by atoms with Gasteiger partial charge in [-0.1, -0.05) is 67.9 Å². The van der Waals surface area contributed by atoms with Crippen LogP contribution in [0.5, 0.6) is 0 Å². The molecule has 1 aromatic heterocycles. The molecule has 0 unspecified atom stereocenters. The highest BCUT2D eigenvalue weighted by atomic mass is 35.5. The van der Waals surface area contributed by atoms with E-state index in [1.807, 2.05) is 18.2 Å². The van der Waals surface area contributed by atoms with Crippen LogP contribution in [0, 0.1) is 5.41 Å². The van der Waals surface area contributed by atoms with E-state index in [9.17, 15) is 4.79 Å². The second kappa shape index (κ2) is 6.90. The van der Waals surface area contributed by atoms with Crippen LogP contribution in [-0.4, -0.2) is 11.0 Å². The van der Waals surface area contributed by atoms with E-state index < -0.39 is 0 Å². The van der Waals surface area contributed by atoms with Crippen molar-refractivity contribution in [2.45, 2.75) is 33.4 Å². The zero-order valence-electron chi connectivity index (χ0n) is 15.6. The van der Waals surface area contributed by atoms with Gasteiger partial charge in [0.15, 0.2) is 0 Å². The van der Waals surface area contributed by atoms with Crippen molar-refractivity contribution in [2.75, 3.05) is 0 Å². The minimum Gasteiger partial charge on any atom is -0.353 e. The van der Waals surface area contributed by atoms with E-state index in [1.54, 1.807) is 0 Å². The lowest BCUT2D eigenvalue weighted by Crippen LogP contribution is -2.18. The first-order valence-electron chi connectivity index (χ1n) is 9.23. The number of benzene rings is 2. The van der Waals surface area contributed by atoms with E-state index >= 15 is 0 Å². The molecule has 2 heterocycles. The van der Waals surface area contributed by atoms with Crippen LogP contribution in [0.3, 0.4) is 0 Å². The molecule has 1 N–H and O–H groups in total. The summed E-state index contributed by atoms with van der Waals surface area (Å²) >= 11 is 6.13. The summed E-state index contributed by atoms with van der Waals surface area (Å²) in [6, 6.07) is 18.5. The summed E-state index contributed by atoms with van der Waals surface area (Å²) in [4.78, 5) is 11.0. The Labute approximate surface area is 165 Å². The number of aromatic nitrogens is 1. The molecule has 1 amide bonds. The first kappa shape index (κ1) is 17.9. The van der Waals surface area contributed by atoms with Crippen LogP contribution < -0.4 is 5.32 Å². The Kier molecular flexibility index (Phi) is 4.56. The summed E-state index contributed by atoms with van der Waals surface area (Å²) in [5, 5.41) is 3.60. The van der Waals surface area contributed by atoms with Crippen LogP contribution in [0.25, 0.3) is 22.3 Å². The second-order valence-corrected chi connectivity index (χ2v) is 8.38.